The van der Waals surface area contributed by atoms with Gasteiger partial charge in [-0.25, -0.2) is 9.78 Å². The predicted molar refractivity (Wildman–Crippen MR) is 101 cm³/mol. The second kappa shape index (κ2) is 6.64. The summed E-state index contributed by atoms with van der Waals surface area (Å²) >= 11 is 0. The van der Waals surface area contributed by atoms with Gasteiger partial charge in [-0.05, 0) is 38.8 Å². The van der Waals surface area contributed by atoms with E-state index in [0.29, 0.717) is 25.3 Å². The molecule has 1 spiro atoms. The Kier molecular flexibility index (Phi) is 4.47. The van der Waals surface area contributed by atoms with Crippen molar-refractivity contribution < 1.29 is 18.0 Å². The molecule has 10 heteroatoms. The van der Waals surface area contributed by atoms with Gasteiger partial charge in [0.25, 0.3) is 0 Å². The molecule has 1 atom stereocenters. The fraction of sp³-hybridized carbons (Fsp3) is 0.526. The van der Waals surface area contributed by atoms with Crippen LogP contribution in [-0.2, 0) is 18.1 Å². The quantitative estimate of drug-likeness (QED) is 0.800. The van der Waals surface area contributed by atoms with Gasteiger partial charge in [-0.15, -0.1) is 0 Å². The van der Waals surface area contributed by atoms with Crippen molar-refractivity contribution in [2.24, 2.45) is 0 Å². The monoisotopic (exact) mass is 408 g/mol. The van der Waals surface area contributed by atoms with Crippen LogP contribution in [-0.4, -0.2) is 44.8 Å². The highest BCUT2D eigenvalue weighted by molar-refractivity contribution is 5.75. The first-order valence-corrected chi connectivity index (χ1v) is 9.56. The second-order valence-corrected chi connectivity index (χ2v) is 8.10. The molecule has 4 heterocycles. The Morgan fingerprint density at radius 1 is 1.28 bits per heavy atom. The number of amides is 2. The summed E-state index contributed by atoms with van der Waals surface area (Å²) in [6, 6.07) is 2.78. The van der Waals surface area contributed by atoms with Crippen LogP contribution in [0.4, 0.5) is 23.8 Å². The van der Waals surface area contributed by atoms with Gasteiger partial charge in [0.1, 0.15) is 5.82 Å². The molecule has 29 heavy (non-hydrogen) atoms. The molecule has 0 saturated carbocycles. The summed E-state index contributed by atoms with van der Waals surface area (Å²) in [4.78, 5) is 17.9. The van der Waals surface area contributed by atoms with Crippen molar-refractivity contribution in [3.05, 3.63) is 29.6 Å². The summed E-state index contributed by atoms with van der Waals surface area (Å²) in [6.45, 7) is 5.71. The molecule has 3 N–H and O–H groups in total. The van der Waals surface area contributed by atoms with E-state index >= 15 is 0 Å². The lowest BCUT2D eigenvalue weighted by molar-refractivity contribution is -0.137. The molecule has 2 aliphatic heterocycles. The number of nitrogen functional groups attached to an aromatic ring is 1. The van der Waals surface area contributed by atoms with E-state index in [1.165, 1.54) is 6.20 Å². The van der Waals surface area contributed by atoms with Crippen LogP contribution in [0.2, 0.25) is 0 Å². The number of nitrogens with two attached hydrogens (primary N) is 1. The summed E-state index contributed by atoms with van der Waals surface area (Å²) < 4.78 is 41.3. The van der Waals surface area contributed by atoms with Crippen molar-refractivity contribution in [3.63, 3.8) is 0 Å². The number of nitrogens with one attached hydrogen (secondary N) is 1. The lowest BCUT2D eigenvalue weighted by atomic mass is 9.82. The number of pyridine rings is 1. The van der Waals surface area contributed by atoms with Crippen LogP contribution in [0.15, 0.2) is 18.3 Å². The van der Waals surface area contributed by atoms with Crippen LogP contribution in [0.5, 0.6) is 0 Å². The molecule has 0 bridgehead atoms. The van der Waals surface area contributed by atoms with Crippen LogP contribution in [0.25, 0.3) is 11.3 Å². The topological polar surface area (TPSA) is 89.1 Å². The number of urea groups is 1. The molecule has 7 nitrogen and oxygen atoms in total. The van der Waals surface area contributed by atoms with Crippen LogP contribution in [0, 0.1) is 0 Å². The molecule has 2 aromatic heterocycles. The molecule has 0 aromatic carbocycles. The highest BCUT2D eigenvalue weighted by Gasteiger charge is 2.47. The molecular weight excluding hydrogens is 385 g/mol. The zero-order valence-electron chi connectivity index (χ0n) is 16.3. The van der Waals surface area contributed by atoms with E-state index in [0.717, 1.165) is 24.6 Å². The van der Waals surface area contributed by atoms with E-state index in [9.17, 15) is 18.0 Å². The lowest BCUT2D eigenvalue weighted by Gasteiger charge is -2.24. The van der Waals surface area contributed by atoms with Gasteiger partial charge < -0.3 is 16.0 Å². The van der Waals surface area contributed by atoms with Crippen LogP contribution < -0.4 is 11.1 Å². The van der Waals surface area contributed by atoms with Gasteiger partial charge in [0.05, 0.1) is 11.3 Å². The predicted octanol–water partition coefficient (Wildman–Crippen LogP) is 3.01. The van der Waals surface area contributed by atoms with Gasteiger partial charge in [-0.2, -0.15) is 18.3 Å². The number of aryl methyl sites for hydroxylation is 1. The van der Waals surface area contributed by atoms with Gasteiger partial charge in [0.15, 0.2) is 0 Å². The molecule has 2 aromatic rings. The third kappa shape index (κ3) is 3.40. The summed E-state index contributed by atoms with van der Waals surface area (Å²) in [5, 5.41) is 7.41. The number of aromatic nitrogens is 3. The first-order valence-electron chi connectivity index (χ1n) is 9.56. The summed E-state index contributed by atoms with van der Waals surface area (Å²) in [6.07, 6.45) is -1.61. The first kappa shape index (κ1) is 19.5. The molecule has 156 valence electrons. The Hall–Kier alpha value is -2.78. The molecule has 4 rings (SSSR count). The molecule has 2 amide bonds. The number of carbonyl (C=O) groups excluding carboxylic acids is 1. The van der Waals surface area contributed by atoms with Gasteiger partial charge in [-0.1, -0.05) is 0 Å². The minimum atomic E-state index is -4.58. The maximum absolute atomic E-state index is 13.2. The van der Waals surface area contributed by atoms with Gasteiger partial charge in [0, 0.05) is 48.5 Å². The third-order valence-corrected chi connectivity index (χ3v) is 5.70. The lowest BCUT2D eigenvalue weighted by Crippen LogP contribution is -2.43. The first-order chi connectivity index (χ1) is 13.6. The Labute approximate surface area is 166 Å². The van der Waals surface area contributed by atoms with Gasteiger partial charge in [-0.3, -0.25) is 4.68 Å². The number of anilines is 1. The SMILES string of the molecule is CC(C)NC(=O)N1CC[C@@]2(CCn3nc(-c4cnc(N)c(C(F)(F)F)c4)cc32)C1. The Balaban J connectivity index is 1.62. The maximum atomic E-state index is 13.2. The Morgan fingerprint density at radius 3 is 2.69 bits per heavy atom. The van der Waals surface area contributed by atoms with E-state index in [-0.39, 0.29) is 23.1 Å². The fourth-order valence-electron chi connectivity index (χ4n) is 4.24. The van der Waals surface area contributed by atoms with Crippen molar-refractivity contribution in [3.8, 4) is 11.3 Å². The second-order valence-electron chi connectivity index (χ2n) is 8.10. The van der Waals surface area contributed by atoms with Crippen molar-refractivity contribution >= 4 is 11.8 Å². The molecule has 0 unspecified atom stereocenters. The molecule has 1 saturated heterocycles. The number of rotatable bonds is 2. The summed E-state index contributed by atoms with van der Waals surface area (Å²) in [5.41, 5.74) is 5.88. The molecule has 1 fully saturated rings. The largest absolute Gasteiger partial charge is 0.419 e. The average molecular weight is 408 g/mol. The normalized spacial score (nSPS) is 21.2. The summed E-state index contributed by atoms with van der Waals surface area (Å²) in [5.74, 6) is -0.549. The number of carbonyl (C=O) groups is 1. The van der Waals surface area contributed by atoms with E-state index in [4.69, 9.17) is 5.73 Å². The number of hydrogen-bond acceptors (Lipinski definition) is 4. The van der Waals surface area contributed by atoms with E-state index in [1.54, 1.807) is 4.90 Å². The highest BCUT2D eigenvalue weighted by Crippen LogP contribution is 2.44. The molecule has 0 radical (unpaired) electrons. The van der Waals surface area contributed by atoms with E-state index in [2.05, 4.69) is 15.4 Å². The Bertz CT molecular complexity index is 954. The molecular formula is C19H23F3N6O. The minimum absolute atomic E-state index is 0.0561. The minimum Gasteiger partial charge on any atom is -0.383 e. The highest BCUT2D eigenvalue weighted by atomic mass is 19.4. The number of nitrogens with zero attached hydrogens (tertiary/aromatic N) is 4. The van der Waals surface area contributed by atoms with Crippen molar-refractivity contribution in [1.29, 1.82) is 0 Å². The van der Waals surface area contributed by atoms with Gasteiger partial charge >= 0.3 is 12.2 Å². The fourth-order valence-corrected chi connectivity index (χ4v) is 4.24. The van der Waals surface area contributed by atoms with Crippen LogP contribution >= 0.6 is 0 Å². The molecule has 2 aliphatic rings. The average Bonchev–Trinajstić information content (AvgIpc) is 3.31. The number of halogens is 3. The number of fused-ring (bicyclic) bond motifs is 2. The van der Waals surface area contributed by atoms with Crippen molar-refractivity contribution in [2.75, 3.05) is 18.8 Å². The van der Waals surface area contributed by atoms with E-state index < -0.39 is 17.6 Å². The number of likely N-dealkylation sites (tertiary alicyclic amines) is 1. The van der Waals surface area contributed by atoms with Gasteiger partial charge in [0.2, 0.25) is 0 Å². The number of alkyl halides is 3. The maximum Gasteiger partial charge on any atom is 0.419 e. The number of hydrogen-bond donors (Lipinski definition) is 2. The van der Waals surface area contributed by atoms with Crippen LogP contribution in [0.1, 0.15) is 37.9 Å². The third-order valence-electron chi connectivity index (χ3n) is 5.70. The molecule has 0 aliphatic carbocycles. The van der Waals surface area contributed by atoms with Crippen molar-refractivity contribution in [2.45, 2.75) is 50.9 Å². The summed E-state index contributed by atoms with van der Waals surface area (Å²) in [7, 11) is 0. The van der Waals surface area contributed by atoms with Crippen LogP contribution in [0.3, 0.4) is 0 Å². The zero-order valence-corrected chi connectivity index (χ0v) is 16.3. The Morgan fingerprint density at radius 2 is 2.00 bits per heavy atom. The van der Waals surface area contributed by atoms with E-state index in [1.807, 2.05) is 24.6 Å². The standard InChI is InChI=1S/C19H23F3N6O/c1-11(2)25-17(29)27-5-3-18(10-27)4-6-28-15(18)8-14(26-28)12-7-13(19(20,21)22)16(23)24-9-12/h7-9,11H,3-6,10H2,1-2H3,(H2,23,24)(H,25,29)/t18-/m1/s1. The smallest absolute Gasteiger partial charge is 0.383 e. The van der Waals surface area contributed by atoms with Crippen molar-refractivity contribution in [1.82, 2.24) is 25.0 Å². The zero-order chi connectivity index (χ0) is 21.0.